The van der Waals surface area contributed by atoms with Crippen molar-refractivity contribution in [3.05, 3.63) is 28.8 Å². The van der Waals surface area contributed by atoms with Gasteiger partial charge in [0.2, 0.25) is 0 Å². The molecule has 0 aliphatic heterocycles. The molecule has 0 aliphatic rings. The second kappa shape index (κ2) is 4.65. The van der Waals surface area contributed by atoms with Crippen LogP contribution in [0.1, 0.15) is 10.4 Å². The van der Waals surface area contributed by atoms with Crippen LogP contribution >= 0.6 is 23.4 Å². The summed E-state index contributed by atoms with van der Waals surface area (Å²) < 4.78 is 0. The van der Waals surface area contributed by atoms with Gasteiger partial charge in [0, 0.05) is 10.5 Å². The van der Waals surface area contributed by atoms with Crippen molar-refractivity contribution in [2.75, 3.05) is 12.8 Å². The molecule has 0 amide bonds. The second-order valence-electron chi connectivity index (χ2n) is 2.48. The van der Waals surface area contributed by atoms with E-state index in [2.05, 4.69) is 0 Å². The lowest BCUT2D eigenvalue weighted by molar-refractivity contribution is 0.100. The molecule has 0 saturated heterocycles. The zero-order valence-electron chi connectivity index (χ0n) is 7.21. The van der Waals surface area contributed by atoms with Crippen molar-refractivity contribution in [2.24, 2.45) is 5.73 Å². The van der Waals surface area contributed by atoms with Crippen molar-refractivity contribution in [3.63, 3.8) is 0 Å². The number of carbonyl (C=O) groups excluding carboxylic acids is 1. The predicted octanol–water partition coefficient (Wildman–Crippen LogP) is 2.20. The molecule has 0 aliphatic carbocycles. The van der Waals surface area contributed by atoms with Gasteiger partial charge >= 0.3 is 0 Å². The molecule has 0 aromatic heterocycles. The maximum absolute atomic E-state index is 11.2. The second-order valence-corrected chi connectivity index (χ2v) is 3.73. The summed E-state index contributed by atoms with van der Waals surface area (Å²) in [7, 11) is 0. The Hall–Kier alpha value is -0.510. The molecule has 13 heavy (non-hydrogen) atoms. The van der Waals surface area contributed by atoms with E-state index in [1.165, 1.54) is 0 Å². The fourth-order valence-corrected chi connectivity index (χ4v) is 1.83. The summed E-state index contributed by atoms with van der Waals surface area (Å²) in [4.78, 5) is 12.1. The number of ketones is 1. The Morgan fingerprint density at radius 2 is 2.31 bits per heavy atom. The van der Waals surface area contributed by atoms with Crippen LogP contribution in [0.5, 0.6) is 0 Å². The van der Waals surface area contributed by atoms with Crippen molar-refractivity contribution >= 4 is 29.1 Å². The highest BCUT2D eigenvalue weighted by atomic mass is 35.5. The average Bonchev–Trinajstić information content (AvgIpc) is 2.16. The standard InChI is InChI=1S/C9H10ClNOS/c1-13-9-3-2-6(4-7(9)10)8(12)5-11/h2-4H,5,11H2,1H3. The van der Waals surface area contributed by atoms with Gasteiger partial charge in [0.05, 0.1) is 11.6 Å². The summed E-state index contributed by atoms with van der Waals surface area (Å²) in [6, 6.07) is 5.23. The van der Waals surface area contributed by atoms with Gasteiger partial charge in [-0.05, 0) is 18.4 Å². The van der Waals surface area contributed by atoms with Crippen LogP contribution in [0.25, 0.3) is 0 Å². The van der Waals surface area contributed by atoms with E-state index in [1.807, 2.05) is 12.3 Å². The number of carbonyl (C=O) groups is 1. The number of rotatable bonds is 3. The molecule has 0 atom stereocenters. The largest absolute Gasteiger partial charge is 0.324 e. The van der Waals surface area contributed by atoms with Gasteiger partial charge in [0.15, 0.2) is 5.78 Å². The summed E-state index contributed by atoms with van der Waals surface area (Å²) in [5.41, 5.74) is 5.80. The van der Waals surface area contributed by atoms with E-state index in [-0.39, 0.29) is 12.3 Å². The third-order valence-corrected chi connectivity index (χ3v) is 2.88. The molecule has 0 radical (unpaired) electrons. The van der Waals surface area contributed by atoms with Gasteiger partial charge in [-0.25, -0.2) is 0 Å². The highest BCUT2D eigenvalue weighted by Gasteiger charge is 2.05. The normalized spacial score (nSPS) is 10.1. The first-order chi connectivity index (χ1) is 6.19. The SMILES string of the molecule is CSc1ccc(C(=O)CN)cc1Cl. The number of hydrogen-bond acceptors (Lipinski definition) is 3. The number of hydrogen-bond donors (Lipinski definition) is 1. The Morgan fingerprint density at radius 3 is 2.77 bits per heavy atom. The lowest BCUT2D eigenvalue weighted by Crippen LogP contribution is -2.13. The number of Topliss-reactive ketones (excluding diaryl/α,β-unsaturated/α-hetero) is 1. The molecule has 0 spiro atoms. The molecular formula is C9H10ClNOS. The van der Waals surface area contributed by atoms with E-state index in [1.54, 1.807) is 23.9 Å². The first kappa shape index (κ1) is 10.6. The summed E-state index contributed by atoms with van der Waals surface area (Å²) in [6.07, 6.45) is 1.94. The number of nitrogens with two attached hydrogens (primary N) is 1. The summed E-state index contributed by atoms with van der Waals surface area (Å²) >= 11 is 7.47. The van der Waals surface area contributed by atoms with Crippen LogP contribution in [0.3, 0.4) is 0 Å². The predicted molar refractivity (Wildman–Crippen MR) is 56.6 cm³/mol. The smallest absolute Gasteiger partial charge is 0.176 e. The molecule has 0 heterocycles. The Morgan fingerprint density at radius 1 is 1.62 bits per heavy atom. The zero-order valence-corrected chi connectivity index (χ0v) is 8.78. The molecule has 0 bridgehead atoms. The monoisotopic (exact) mass is 215 g/mol. The zero-order chi connectivity index (χ0) is 9.84. The van der Waals surface area contributed by atoms with Crippen LogP contribution in [0.2, 0.25) is 5.02 Å². The summed E-state index contributed by atoms with van der Waals surface area (Å²) in [5.74, 6) is -0.0884. The van der Waals surface area contributed by atoms with E-state index in [9.17, 15) is 4.79 Å². The lowest BCUT2D eigenvalue weighted by atomic mass is 10.1. The minimum Gasteiger partial charge on any atom is -0.324 e. The molecule has 2 N–H and O–H groups in total. The third-order valence-electron chi connectivity index (χ3n) is 1.66. The van der Waals surface area contributed by atoms with Crippen molar-refractivity contribution in [1.82, 2.24) is 0 Å². The maximum atomic E-state index is 11.2. The Bertz CT molecular complexity index is 327. The van der Waals surface area contributed by atoms with Crippen LogP contribution < -0.4 is 5.73 Å². The fourth-order valence-electron chi connectivity index (χ4n) is 0.958. The third kappa shape index (κ3) is 2.46. The Balaban J connectivity index is 3.02. The first-order valence-electron chi connectivity index (χ1n) is 3.76. The van der Waals surface area contributed by atoms with E-state index < -0.39 is 0 Å². The highest BCUT2D eigenvalue weighted by Crippen LogP contribution is 2.25. The van der Waals surface area contributed by atoms with Gasteiger partial charge in [-0.3, -0.25) is 4.79 Å². The van der Waals surface area contributed by atoms with Gasteiger partial charge in [0.1, 0.15) is 0 Å². The van der Waals surface area contributed by atoms with Gasteiger partial charge in [-0.15, -0.1) is 11.8 Å². The van der Waals surface area contributed by atoms with E-state index in [0.29, 0.717) is 10.6 Å². The minimum atomic E-state index is -0.0884. The highest BCUT2D eigenvalue weighted by molar-refractivity contribution is 7.98. The van der Waals surface area contributed by atoms with Crippen LogP contribution in [-0.4, -0.2) is 18.6 Å². The molecule has 2 nitrogen and oxygen atoms in total. The topological polar surface area (TPSA) is 43.1 Å². The molecule has 4 heteroatoms. The summed E-state index contributed by atoms with van der Waals surface area (Å²) in [6.45, 7) is 0.0228. The van der Waals surface area contributed by atoms with Gasteiger partial charge < -0.3 is 5.73 Å². The molecule has 1 aromatic rings. The minimum absolute atomic E-state index is 0.0228. The van der Waals surface area contributed by atoms with Gasteiger partial charge in [-0.2, -0.15) is 0 Å². The maximum Gasteiger partial charge on any atom is 0.176 e. The number of halogens is 1. The Labute approximate surface area is 86.5 Å². The van der Waals surface area contributed by atoms with Crippen molar-refractivity contribution in [2.45, 2.75) is 4.90 Å². The van der Waals surface area contributed by atoms with Crippen LogP contribution in [0.15, 0.2) is 23.1 Å². The van der Waals surface area contributed by atoms with E-state index >= 15 is 0 Å². The fraction of sp³-hybridized carbons (Fsp3) is 0.222. The molecule has 1 aromatic carbocycles. The Kier molecular flexibility index (Phi) is 3.78. The first-order valence-corrected chi connectivity index (χ1v) is 5.36. The molecule has 70 valence electrons. The number of benzene rings is 1. The van der Waals surface area contributed by atoms with Crippen molar-refractivity contribution in [3.8, 4) is 0 Å². The lowest BCUT2D eigenvalue weighted by Gasteiger charge is -2.02. The number of thioether (sulfide) groups is 1. The van der Waals surface area contributed by atoms with Crippen molar-refractivity contribution in [1.29, 1.82) is 0 Å². The van der Waals surface area contributed by atoms with Gasteiger partial charge in [0.25, 0.3) is 0 Å². The van der Waals surface area contributed by atoms with E-state index in [4.69, 9.17) is 17.3 Å². The van der Waals surface area contributed by atoms with Crippen LogP contribution in [-0.2, 0) is 0 Å². The summed E-state index contributed by atoms with van der Waals surface area (Å²) in [5, 5.41) is 0.604. The van der Waals surface area contributed by atoms with Crippen LogP contribution in [0, 0.1) is 0 Å². The van der Waals surface area contributed by atoms with Crippen LogP contribution in [0.4, 0.5) is 0 Å². The molecule has 1 rings (SSSR count). The average molecular weight is 216 g/mol. The molecular weight excluding hydrogens is 206 g/mol. The molecule has 0 fully saturated rings. The molecule has 0 saturated carbocycles. The quantitative estimate of drug-likeness (QED) is 0.621. The molecule has 0 unspecified atom stereocenters. The van der Waals surface area contributed by atoms with E-state index in [0.717, 1.165) is 4.90 Å². The van der Waals surface area contributed by atoms with Gasteiger partial charge in [-0.1, -0.05) is 17.7 Å². The van der Waals surface area contributed by atoms with Crippen molar-refractivity contribution < 1.29 is 4.79 Å².